The zero-order chi connectivity index (χ0) is 7.33. The van der Waals surface area contributed by atoms with Gasteiger partial charge in [0, 0.05) is 0 Å². The molecule has 0 rings (SSSR count). The molecule has 0 aliphatic rings. The van der Waals surface area contributed by atoms with Gasteiger partial charge in [-0.25, -0.2) is 8.42 Å². The molecule has 0 aromatic heterocycles. The number of amides is 1. The van der Waals surface area contributed by atoms with Crippen LogP contribution in [0.15, 0.2) is 0 Å². The lowest BCUT2D eigenvalue weighted by Crippen LogP contribution is -2.37. The molecule has 2 N–H and O–H groups in total. The summed E-state index contributed by atoms with van der Waals surface area (Å²) in [6.45, 7) is 1.47. The van der Waals surface area contributed by atoms with Gasteiger partial charge in [-0.1, -0.05) is 0 Å². The second-order valence-electron chi connectivity index (χ2n) is 1.27. The molecule has 0 saturated carbocycles. The maximum atomic E-state index is 10.4. The second kappa shape index (κ2) is 3.41. The highest BCUT2D eigenvalue weighted by atomic mass is 32.2. The third-order valence-electron chi connectivity index (χ3n) is 0.653. The largest absolute Gasteiger partial charge is 0.281 e. The van der Waals surface area contributed by atoms with Gasteiger partial charge in [-0.05, 0) is 6.92 Å². The van der Waals surface area contributed by atoms with Crippen LogP contribution in [0.1, 0.15) is 6.92 Å². The summed E-state index contributed by atoms with van der Waals surface area (Å²) < 4.78 is 20.9. The molecule has 0 aliphatic carbocycles. The monoisotopic (exact) mass is 152 g/mol. The predicted octanol–water partition coefficient (Wildman–Crippen LogP) is -1.41. The Morgan fingerprint density at radius 2 is 2.11 bits per heavy atom. The van der Waals surface area contributed by atoms with Crippen LogP contribution in [0, 0.1) is 0 Å². The topological polar surface area (TPSA) is 75.3 Å². The number of carbonyl (C=O) groups excluding carboxylic acids is 1. The smallest absolute Gasteiger partial charge is 0.228 e. The SMILES string of the molecule is CCS(=O)(=O)NNC=O. The fraction of sp³-hybridized carbons (Fsp3) is 0.667. The van der Waals surface area contributed by atoms with Crippen LogP contribution >= 0.6 is 0 Å². The first-order chi connectivity index (χ1) is 4.12. The van der Waals surface area contributed by atoms with E-state index >= 15 is 0 Å². The van der Waals surface area contributed by atoms with E-state index in [-0.39, 0.29) is 12.2 Å². The molecule has 0 bridgehead atoms. The van der Waals surface area contributed by atoms with Crippen LogP contribution in [0.2, 0.25) is 0 Å². The van der Waals surface area contributed by atoms with Gasteiger partial charge in [0.1, 0.15) is 0 Å². The highest BCUT2D eigenvalue weighted by Crippen LogP contribution is 1.75. The van der Waals surface area contributed by atoms with E-state index in [9.17, 15) is 13.2 Å². The summed E-state index contributed by atoms with van der Waals surface area (Å²) in [5.41, 5.74) is 1.82. The number of sulfonamides is 1. The minimum atomic E-state index is -3.27. The van der Waals surface area contributed by atoms with Gasteiger partial charge in [0.05, 0.1) is 5.75 Å². The van der Waals surface area contributed by atoms with Crippen molar-refractivity contribution in [3.8, 4) is 0 Å². The first kappa shape index (κ1) is 8.38. The number of hydrazine groups is 1. The number of hydrogen-bond acceptors (Lipinski definition) is 3. The normalized spacial score (nSPS) is 10.8. The first-order valence-electron chi connectivity index (χ1n) is 2.31. The molecule has 0 atom stereocenters. The van der Waals surface area contributed by atoms with Crippen LogP contribution in [0.5, 0.6) is 0 Å². The van der Waals surface area contributed by atoms with Gasteiger partial charge in [-0.15, -0.1) is 4.83 Å². The van der Waals surface area contributed by atoms with E-state index in [0.717, 1.165) is 0 Å². The molecule has 0 aliphatic heterocycles. The van der Waals surface area contributed by atoms with Gasteiger partial charge in [0.2, 0.25) is 16.4 Å². The zero-order valence-corrected chi connectivity index (χ0v) is 5.73. The molecule has 54 valence electrons. The van der Waals surface area contributed by atoms with Gasteiger partial charge in [-0.3, -0.25) is 10.2 Å². The summed E-state index contributed by atoms with van der Waals surface area (Å²) in [6.07, 6.45) is 0.257. The second-order valence-corrected chi connectivity index (χ2v) is 3.28. The van der Waals surface area contributed by atoms with Crippen LogP contribution in [-0.4, -0.2) is 20.6 Å². The van der Waals surface area contributed by atoms with Crippen molar-refractivity contribution in [1.29, 1.82) is 0 Å². The van der Waals surface area contributed by atoms with Gasteiger partial charge in [0.25, 0.3) is 0 Å². The molecular formula is C3H8N2O3S. The Morgan fingerprint density at radius 3 is 2.44 bits per heavy atom. The maximum absolute atomic E-state index is 10.4. The summed E-state index contributed by atoms with van der Waals surface area (Å²) in [6, 6.07) is 0. The van der Waals surface area contributed by atoms with E-state index in [2.05, 4.69) is 0 Å². The highest BCUT2D eigenvalue weighted by molar-refractivity contribution is 7.89. The van der Waals surface area contributed by atoms with E-state index < -0.39 is 10.0 Å². The third-order valence-corrected chi connectivity index (χ3v) is 1.84. The van der Waals surface area contributed by atoms with Crippen molar-refractivity contribution in [1.82, 2.24) is 10.3 Å². The summed E-state index contributed by atoms with van der Waals surface area (Å²) in [5, 5.41) is 0. The van der Waals surface area contributed by atoms with Crippen molar-refractivity contribution in [3.63, 3.8) is 0 Å². The maximum Gasteiger partial charge on any atom is 0.228 e. The summed E-state index contributed by atoms with van der Waals surface area (Å²) in [4.78, 5) is 11.3. The molecule has 0 aromatic carbocycles. The number of carbonyl (C=O) groups is 1. The lowest BCUT2D eigenvalue weighted by atomic mass is 11.0. The van der Waals surface area contributed by atoms with Crippen molar-refractivity contribution in [3.05, 3.63) is 0 Å². The number of hydrogen-bond donors (Lipinski definition) is 2. The fourth-order valence-electron chi connectivity index (χ4n) is 0.186. The number of nitrogens with one attached hydrogen (secondary N) is 2. The molecule has 6 heteroatoms. The van der Waals surface area contributed by atoms with Crippen LogP contribution in [-0.2, 0) is 14.8 Å². The standard InChI is InChI=1S/C3H8N2O3S/c1-2-9(7,8)5-4-3-6/h3,5H,2H2,1H3,(H,4,6). The predicted molar refractivity (Wildman–Crippen MR) is 31.8 cm³/mol. The zero-order valence-electron chi connectivity index (χ0n) is 4.92. The van der Waals surface area contributed by atoms with Gasteiger partial charge >= 0.3 is 0 Å². The Hall–Kier alpha value is -0.620. The Labute approximate surface area is 53.5 Å². The van der Waals surface area contributed by atoms with Crippen LogP contribution in [0.3, 0.4) is 0 Å². The minimum absolute atomic E-state index is 0.0478. The fourth-order valence-corrected chi connectivity index (χ4v) is 0.558. The average Bonchev–Trinajstić information content (AvgIpc) is 1.84. The summed E-state index contributed by atoms with van der Waals surface area (Å²) in [7, 11) is -3.27. The van der Waals surface area contributed by atoms with E-state index in [4.69, 9.17) is 0 Å². The number of rotatable bonds is 4. The quantitative estimate of drug-likeness (QED) is 0.384. The highest BCUT2D eigenvalue weighted by Gasteiger charge is 2.02. The Morgan fingerprint density at radius 1 is 1.56 bits per heavy atom. The Balaban J connectivity index is 3.74. The molecule has 5 nitrogen and oxygen atoms in total. The van der Waals surface area contributed by atoms with Crippen molar-refractivity contribution in [2.75, 3.05) is 5.75 Å². The first-order valence-corrected chi connectivity index (χ1v) is 3.96. The summed E-state index contributed by atoms with van der Waals surface area (Å²) >= 11 is 0. The van der Waals surface area contributed by atoms with Gasteiger partial charge in [-0.2, -0.15) is 0 Å². The molecule has 9 heavy (non-hydrogen) atoms. The molecule has 0 saturated heterocycles. The van der Waals surface area contributed by atoms with Gasteiger partial charge in [0.15, 0.2) is 0 Å². The third kappa shape index (κ3) is 3.92. The Kier molecular flexibility index (Phi) is 3.18. The van der Waals surface area contributed by atoms with Crippen LogP contribution in [0.25, 0.3) is 0 Å². The van der Waals surface area contributed by atoms with Crippen LogP contribution < -0.4 is 10.3 Å². The molecular weight excluding hydrogens is 144 g/mol. The summed E-state index contributed by atoms with van der Waals surface area (Å²) in [5.74, 6) is -0.0478. The van der Waals surface area contributed by atoms with E-state index in [1.807, 2.05) is 10.3 Å². The van der Waals surface area contributed by atoms with Crippen molar-refractivity contribution in [2.45, 2.75) is 6.92 Å². The minimum Gasteiger partial charge on any atom is -0.281 e. The van der Waals surface area contributed by atoms with Crippen LogP contribution in [0.4, 0.5) is 0 Å². The van der Waals surface area contributed by atoms with Crippen molar-refractivity contribution >= 4 is 16.4 Å². The Bertz CT molecular complexity index is 173. The lowest BCUT2D eigenvalue weighted by Gasteiger charge is -1.98. The average molecular weight is 152 g/mol. The molecule has 0 aromatic rings. The molecule has 0 unspecified atom stereocenters. The van der Waals surface area contributed by atoms with Crippen molar-refractivity contribution in [2.24, 2.45) is 0 Å². The van der Waals surface area contributed by atoms with E-state index in [1.54, 1.807) is 0 Å². The molecule has 0 heterocycles. The van der Waals surface area contributed by atoms with Crippen molar-refractivity contribution < 1.29 is 13.2 Å². The van der Waals surface area contributed by atoms with Gasteiger partial charge < -0.3 is 0 Å². The molecule has 0 spiro atoms. The molecule has 0 radical (unpaired) electrons. The lowest BCUT2D eigenvalue weighted by molar-refractivity contribution is -0.109. The van der Waals surface area contributed by atoms with E-state index in [1.165, 1.54) is 6.92 Å². The molecule has 1 amide bonds. The van der Waals surface area contributed by atoms with E-state index in [0.29, 0.717) is 0 Å². The molecule has 0 fully saturated rings.